The Labute approximate surface area is 99.5 Å². The van der Waals surface area contributed by atoms with Crippen LogP contribution in [0.3, 0.4) is 0 Å². The predicted octanol–water partition coefficient (Wildman–Crippen LogP) is 3.07. The molecule has 0 radical (unpaired) electrons. The minimum absolute atomic E-state index is 0.194. The van der Waals surface area contributed by atoms with Crippen molar-refractivity contribution >= 4 is 17.0 Å². The highest BCUT2D eigenvalue weighted by Gasteiger charge is 2.05. The highest BCUT2D eigenvalue weighted by atomic mass is 19.1. The van der Waals surface area contributed by atoms with Gasteiger partial charge in [0.15, 0.2) is 0 Å². The number of aromatic amines is 1. The number of hydrogen-bond donors (Lipinski definition) is 2. The van der Waals surface area contributed by atoms with E-state index in [-0.39, 0.29) is 5.82 Å². The largest absolute Gasteiger partial charge is 0.355 e. The normalized spacial score (nSPS) is 16.4. The molecule has 0 amide bonds. The monoisotopic (exact) mass is 230 g/mol. The first-order valence-corrected chi connectivity index (χ1v) is 6.00. The molecule has 1 aliphatic rings. The molecule has 17 heavy (non-hydrogen) atoms. The maximum atomic E-state index is 13.1. The number of hydrogen-bond acceptors (Lipinski definition) is 1. The Hall–Kier alpha value is -1.61. The molecule has 2 nitrogen and oxygen atoms in total. The average Bonchev–Trinajstić information content (AvgIpc) is 2.71. The summed E-state index contributed by atoms with van der Waals surface area (Å²) in [6, 6.07) is 6.92. The number of nitrogens with one attached hydrogen (secondary N) is 2. The summed E-state index contributed by atoms with van der Waals surface area (Å²) < 4.78 is 13.1. The first-order chi connectivity index (χ1) is 8.31. The molecule has 1 fully saturated rings. The number of benzene rings is 1. The van der Waals surface area contributed by atoms with Crippen LogP contribution in [0.2, 0.25) is 0 Å². The van der Waals surface area contributed by atoms with E-state index in [1.165, 1.54) is 11.6 Å². The van der Waals surface area contributed by atoms with Gasteiger partial charge in [0.05, 0.1) is 0 Å². The van der Waals surface area contributed by atoms with E-state index in [1.807, 2.05) is 6.07 Å². The van der Waals surface area contributed by atoms with Crippen molar-refractivity contribution in [3.63, 3.8) is 0 Å². The van der Waals surface area contributed by atoms with Gasteiger partial charge in [0, 0.05) is 16.6 Å². The maximum Gasteiger partial charge on any atom is 0.125 e. The molecule has 3 rings (SSSR count). The number of fused-ring (bicyclic) bond motifs is 1. The van der Waals surface area contributed by atoms with Gasteiger partial charge in [-0.05, 0) is 56.3 Å². The van der Waals surface area contributed by atoms with Crippen LogP contribution in [0, 0.1) is 5.82 Å². The lowest BCUT2D eigenvalue weighted by molar-refractivity contribution is 0.613. The van der Waals surface area contributed by atoms with Crippen LogP contribution < -0.4 is 5.32 Å². The van der Waals surface area contributed by atoms with E-state index in [9.17, 15) is 4.39 Å². The Morgan fingerprint density at radius 3 is 2.76 bits per heavy atom. The van der Waals surface area contributed by atoms with Crippen LogP contribution in [0.4, 0.5) is 4.39 Å². The minimum Gasteiger partial charge on any atom is -0.355 e. The highest BCUT2D eigenvalue weighted by molar-refractivity contribution is 5.82. The molecule has 0 spiro atoms. The predicted molar refractivity (Wildman–Crippen MR) is 68.3 cm³/mol. The van der Waals surface area contributed by atoms with Gasteiger partial charge in [-0.15, -0.1) is 0 Å². The molecule has 2 aromatic rings. The van der Waals surface area contributed by atoms with Crippen molar-refractivity contribution in [2.75, 3.05) is 13.1 Å². The third-order valence-corrected chi connectivity index (χ3v) is 3.21. The van der Waals surface area contributed by atoms with Gasteiger partial charge in [0.25, 0.3) is 0 Å². The van der Waals surface area contributed by atoms with Crippen molar-refractivity contribution in [3.05, 3.63) is 41.3 Å². The zero-order valence-electron chi connectivity index (χ0n) is 9.59. The molecule has 88 valence electrons. The number of piperidine rings is 1. The topological polar surface area (TPSA) is 27.8 Å². The average molecular weight is 230 g/mol. The van der Waals surface area contributed by atoms with Gasteiger partial charge < -0.3 is 10.3 Å². The van der Waals surface area contributed by atoms with E-state index in [1.54, 1.807) is 6.07 Å². The van der Waals surface area contributed by atoms with Crippen molar-refractivity contribution in [1.82, 2.24) is 10.3 Å². The number of rotatable bonds is 1. The van der Waals surface area contributed by atoms with Gasteiger partial charge in [-0.1, -0.05) is 5.57 Å². The van der Waals surface area contributed by atoms with Crippen LogP contribution in [-0.2, 0) is 0 Å². The zero-order valence-corrected chi connectivity index (χ0v) is 9.59. The van der Waals surface area contributed by atoms with E-state index in [0.717, 1.165) is 42.5 Å². The summed E-state index contributed by atoms with van der Waals surface area (Å²) in [7, 11) is 0. The van der Waals surface area contributed by atoms with E-state index < -0.39 is 0 Å². The molecule has 0 unspecified atom stereocenters. The Bertz CT molecular complexity index is 561. The fourth-order valence-corrected chi connectivity index (χ4v) is 2.31. The Morgan fingerprint density at radius 1 is 1.12 bits per heavy atom. The quantitative estimate of drug-likeness (QED) is 0.774. The second-order valence-electron chi connectivity index (χ2n) is 4.51. The van der Waals surface area contributed by atoms with Crippen LogP contribution in [0.15, 0.2) is 29.8 Å². The molecule has 1 aromatic heterocycles. The number of aromatic nitrogens is 1. The zero-order chi connectivity index (χ0) is 11.7. The van der Waals surface area contributed by atoms with Crippen molar-refractivity contribution in [2.45, 2.75) is 12.8 Å². The smallest absolute Gasteiger partial charge is 0.125 e. The van der Waals surface area contributed by atoms with Crippen molar-refractivity contribution in [2.24, 2.45) is 0 Å². The van der Waals surface area contributed by atoms with E-state index in [2.05, 4.69) is 22.4 Å². The first-order valence-electron chi connectivity index (χ1n) is 6.00. The van der Waals surface area contributed by atoms with Gasteiger partial charge in [-0.2, -0.15) is 0 Å². The molecule has 2 N–H and O–H groups in total. The summed E-state index contributed by atoms with van der Waals surface area (Å²) in [6.45, 7) is 2.11. The van der Waals surface area contributed by atoms with Crippen LogP contribution in [0.1, 0.15) is 18.5 Å². The summed E-state index contributed by atoms with van der Waals surface area (Å²) in [5.74, 6) is -0.194. The molecule has 1 aliphatic heterocycles. The SMILES string of the molecule is Fc1ccc2cc(C=C3CCNCC3)[nH]c2c1. The van der Waals surface area contributed by atoms with Crippen molar-refractivity contribution < 1.29 is 4.39 Å². The maximum absolute atomic E-state index is 13.1. The summed E-state index contributed by atoms with van der Waals surface area (Å²) in [6.07, 6.45) is 4.40. The van der Waals surface area contributed by atoms with Crippen LogP contribution in [-0.4, -0.2) is 18.1 Å². The number of halogens is 1. The second-order valence-corrected chi connectivity index (χ2v) is 4.51. The van der Waals surface area contributed by atoms with E-state index in [0.29, 0.717) is 0 Å². The number of H-pyrrole nitrogens is 1. The van der Waals surface area contributed by atoms with E-state index in [4.69, 9.17) is 0 Å². The van der Waals surface area contributed by atoms with Gasteiger partial charge >= 0.3 is 0 Å². The molecule has 0 atom stereocenters. The summed E-state index contributed by atoms with van der Waals surface area (Å²) in [5.41, 5.74) is 3.39. The third-order valence-electron chi connectivity index (χ3n) is 3.21. The molecular formula is C14H15FN2. The van der Waals surface area contributed by atoms with Gasteiger partial charge in [0.1, 0.15) is 5.82 Å². The molecule has 2 heterocycles. The molecule has 1 saturated heterocycles. The summed E-state index contributed by atoms with van der Waals surface area (Å²) >= 11 is 0. The Kier molecular flexibility index (Phi) is 2.69. The standard InChI is InChI=1S/C14H15FN2/c15-12-2-1-11-8-13(17-14(11)9-12)7-10-3-5-16-6-4-10/h1-2,7-9,16-17H,3-6H2. The van der Waals surface area contributed by atoms with Crippen molar-refractivity contribution in [3.8, 4) is 0 Å². The molecule has 0 aliphatic carbocycles. The minimum atomic E-state index is -0.194. The lowest BCUT2D eigenvalue weighted by Gasteiger charge is -2.14. The fraction of sp³-hybridized carbons (Fsp3) is 0.286. The molecule has 3 heteroatoms. The molecule has 0 bridgehead atoms. The first kappa shape index (κ1) is 10.5. The van der Waals surface area contributed by atoms with Crippen molar-refractivity contribution in [1.29, 1.82) is 0 Å². The molecule has 0 saturated carbocycles. The van der Waals surface area contributed by atoms with Crippen LogP contribution in [0.25, 0.3) is 17.0 Å². The Morgan fingerprint density at radius 2 is 1.94 bits per heavy atom. The lowest BCUT2D eigenvalue weighted by atomic mass is 10.0. The van der Waals surface area contributed by atoms with Crippen LogP contribution in [0.5, 0.6) is 0 Å². The Balaban J connectivity index is 1.95. The van der Waals surface area contributed by atoms with Crippen LogP contribution >= 0.6 is 0 Å². The molecule has 1 aromatic carbocycles. The summed E-state index contributed by atoms with van der Waals surface area (Å²) in [5, 5.41) is 4.40. The van der Waals surface area contributed by atoms with Gasteiger partial charge in [-0.3, -0.25) is 0 Å². The van der Waals surface area contributed by atoms with Gasteiger partial charge in [-0.25, -0.2) is 4.39 Å². The third kappa shape index (κ3) is 2.24. The van der Waals surface area contributed by atoms with Gasteiger partial charge in [0.2, 0.25) is 0 Å². The summed E-state index contributed by atoms with van der Waals surface area (Å²) in [4.78, 5) is 3.25. The lowest BCUT2D eigenvalue weighted by Crippen LogP contribution is -2.22. The second kappa shape index (κ2) is 4.34. The van der Waals surface area contributed by atoms with E-state index >= 15 is 0 Å². The highest BCUT2D eigenvalue weighted by Crippen LogP contribution is 2.20. The molecular weight excluding hydrogens is 215 g/mol. The fourth-order valence-electron chi connectivity index (χ4n) is 2.31.